The highest BCUT2D eigenvalue weighted by Gasteiger charge is 2.36. The fraction of sp³-hybridized carbons (Fsp3) is 0.460. The maximum atomic E-state index is 14.7. The number of para-hydroxylation sites is 1. The molecule has 0 aliphatic carbocycles. The molecule has 5 rings (SSSR count). The summed E-state index contributed by atoms with van der Waals surface area (Å²) < 4.78 is 0. The first-order valence-corrected chi connectivity index (χ1v) is 26.3. The Balaban J connectivity index is 1.56. The number of aliphatic hydroxyl groups is 2. The van der Waals surface area contributed by atoms with Crippen LogP contribution in [0.25, 0.3) is 10.9 Å². The molecule has 3 aromatic carbocycles. The van der Waals surface area contributed by atoms with E-state index in [0.717, 1.165) is 38.1 Å². The van der Waals surface area contributed by atoms with Gasteiger partial charge in [-0.3, -0.25) is 33.6 Å². The minimum atomic E-state index is -1.31. The van der Waals surface area contributed by atoms with Crippen LogP contribution in [0.4, 0.5) is 0 Å². The van der Waals surface area contributed by atoms with Gasteiger partial charge in [-0.25, -0.2) is 0 Å². The molecule has 14 N–H and O–H groups in total. The van der Waals surface area contributed by atoms with Crippen LogP contribution in [0.1, 0.15) is 56.7 Å². The molecule has 0 spiro atoms. The first-order valence-electron chi connectivity index (χ1n) is 23.8. The first kappa shape index (κ1) is 56.0. The largest absolute Gasteiger partial charge is 0.394 e. The Kier molecular flexibility index (Phi) is 22.2. The van der Waals surface area contributed by atoms with Gasteiger partial charge in [-0.05, 0) is 67.8 Å². The fourth-order valence-electron chi connectivity index (χ4n) is 7.86. The summed E-state index contributed by atoms with van der Waals surface area (Å²) in [5.74, 6) is -5.78. The molecule has 7 amide bonds. The summed E-state index contributed by atoms with van der Waals surface area (Å²) in [5, 5.41) is 40.3. The zero-order valence-electron chi connectivity index (χ0n) is 40.2. The van der Waals surface area contributed by atoms with Gasteiger partial charge < -0.3 is 63.9 Å². The lowest BCUT2D eigenvalue weighted by molar-refractivity contribution is -0.136. The smallest absolute Gasteiger partial charge is 0.244 e. The molecule has 1 saturated heterocycles. The molecule has 71 heavy (non-hydrogen) atoms. The highest BCUT2D eigenvalue weighted by Crippen LogP contribution is 2.24. The van der Waals surface area contributed by atoms with E-state index < -0.39 is 108 Å². The van der Waals surface area contributed by atoms with Crippen LogP contribution in [-0.2, 0) is 52.8 Å². The average Bonchev–Trinajstić information content (AvgIpc) is 3.76. The molecule has 1 aliphatic heterocycles. The Morgan fingerprint density at radius 2 is 1.31 bits per heavy atom. The van der Waals surface area contributed by atoms with Crippen LogP contribution in [-0.4, -0.2) is 136 Å². The Morgan fingerprint density at radius 3 is 1.96 bits per heavy atom. The molecular formula is C50H68N10O9S2. The number of aliphatic hydroxyl groups excluding tert-OH is 2. The number of hydrogen-bond donors (Lipinski definition) is 12. The van der Waals surface area contributed by atoms with Gasteiger partial charge in [0.05, 0.1) is 24.8 Å². The van der Waals surface area contributed by atoms with Crippen molar-refractivity contribution in [2.75, 3.05) is 24.7 Å². The van der Waals surface area contributed by atoms with Gasteiger partial charge in [0.15, 0.2) is 0 Å². The number of nitrogens with two attached hydrogens (primary N) is 2. The third kappa shape index (κ3) is 17.1. The SMILES string of the molecule is CC(C)[C@@H]1NC(=O)[C@H](CCCCN)NC(=O)[C@@H](Cc2c[nH]c3ccccc23)NC(=O)[C@H](Cc2ccccc2)NC(=O)[C@@H](NC(=O)[C@H](N)Cc2ccccc2)CSSC[C@@H](C(=O)N[C@H](CO)[C@@H](C)O)NC1=O. The van der Waals surface area contributed by atoms with Crippen molar-refractivity contribution >= 4 is 73.8 Å². The highest BCUT2D eigenvalue weighted by molar-refractivity contribution is 8.76. The molecule has 1 fully saturated rings. The summed E-state index contributed by atoms with van der Waals surface area (Å²) in [6, 6.07) is 15.7. The number of aromatic amines is 1. The molecule has 9 atom stereocenters. The van der Waals surface area contributed by atoms with Crippen LogP contribution >= 0.6 is 21.6 Å². The number of carbonyl (C=O) groups is 7. The zero-order valence-corrected chi connectivity index (χ0v) is 41.9. The summed E-state index contributed by atoms with van der Waals surface area (Å²) in [6.45, 7) is 4.48. The Labute approximate surface area is 421 Å². The lowest BCUT2D eigenvalue weighted by atomic mass is 10.00. The number of carbonyl (C=O) groups excluding carboxylic acids is 7. The van der Waals surface area contributed by atoms with E-state index in [2.05, 4.69) is 42.2 Å². The number of nitrogens with one attached hydrogen (secondary N) is 8. The number of fused-ring (bicyclic) bond motifs is 1. The van der Waals surface area contributed by atoms with E-state index in [9.17, 15) is 43.8 Å². The van der Waals surface area contributed by atoms with Gasteiger partial charge in [0.25, 0.3) is 0 Å². The lowest BCUT2D eigenvalue weighted by Gasteiger charge is -2.29. The standard InChI is InChI=1S/C50H68N10O9S2/c1-29(2)43-50(69)59-42(49(68)57-40(26-61)30(3)62)28-71-70-27-41(58-44(63)35(52)22-31-14-6-4-7-15-31)48(67)55-38(23-32-16-8-5-9-17-32)46(65)56-39(24-33-25-53-36-19-11-10-18-34(33)36)47(66)54-37(45(64)60-43)20-12-13-21-51/h4-11,14-19,25,29-30,35,37-43,53,61-62H,12-13,20-24,26-28,51-52H2,1-3H3,(H,54,66)(H,55,67)(H,56,65)(H,57,68)(H,58,63)(H,59,69)(H,60,64)/t30-,35-,37+,38+,39-,40-,41+,42+,43+/m1/s1. The quantitative estimate of drug-likeness (QED) is 0.0507. The molecule has 0 radical (unpaired) electrons. The average molecular weight is 1020 g/mol. The van der Waals surface area contributed by atoms with Crippen molar-refractivity contribution in [1.29, 1.82) is 0 Å². The van der Waals surface area contributed by atoms with Gasteiger partial charge in [0, 0.05) is 41.4 Å². The molecule has 0 saturated carbocycles. The molecule has 1 aliphatic rings. The topological polar surface area (TPSA) is 312 Å². The monoisotopic (exact) mass is 1020 g/mol. The molecule has 4 aromatic rings. The third-order valence-electron chi connectivity index (χ3n) is 12.0. The van der Waals surface area contributed by atoms with E-state index in [1.165, 1.54) is 6.92 Å². The van der Waals surface area contributed by atoms with E-state index in [4.69, 9.17) is 11.5 Å². The summed E-state index contributed by atoms with van der Waals surface area (Å²) in [6.07, 6.45) is 1.72. The zero-order chi connectivity index (χ0) is 51.5. The van der Waals surface area contributed by atoms with Crippen LogP contribution in [0, 0.1) is 5.92 Å². The van der Waals surface area contributed by atoms with E-state index in [1.807, 2.05) is 54.6 Å². The van der Waals surface area contributed by atoms with Crippen molar-refractivity contribution in [3.05, 3.63) is 108 Å². The Bertz CT molecular complexity index is 2390. The molecule has 2 heterocycles. The maximum Gasteiger partial charge on any atom is 0.244 e. The minimum absolute atomic E-state index is 0.0194. The predicted molar refractivity (Wildman–Crippen MR) is 275 cm³/mol. The number of unbranched alkanes of at least 4 members (excludes halogenated alkanes) is 1. The van der Waals surface area contributed by atoms with Gasteiger partial charge in [0.1, 0.15) is 36.3 Å². The molecule has 1 aromatic heterocycles. The number of hydrogen-bond acceptors (Lipinski definition) is 13. The Morgan fingerprint density at radius 1 is 0.718 bits per heavy atom. The van der Waals surface area contributed by atoms with Crippen LogP contribution < -0.4 is 48.7 Å². The van der Waals surface area contributed by atoms with E-state index in [1.54, 1.807) is 50.4 Å². The number of amides is 7. The van der Waals surface area contributed by atoms with Crippen LogP contribution in [0.3, 0.4) is 0 Å². The van der Waals surface area contributed by atoms with Crippen molar-refractivity contribution in [3.63, 3.8) is 0 Å². The highest BCUT2D eigenvalue weighted by atomic mass is 33.1. The molecule has 19 nitrogen and oxygen atoms in total. The van der Waals surface area contributed by atoms with Crippen LogP contribution in [0.5, 0.6) is 0 Å². The predicted octanol–water partition coefficient (Wildman–Crippen LogP) is 0.470. The summed E-state index contributed by atoms with van der Waals surface area (Å²) >= 11 is 0. The minimum Gasteiger partial charge on any atom is -0.394 e. The number of H-pyrrole nitrogens is 1. The van der Waals surface area contributed by atoms with Crippen LogP contribution in [0.2, 0.25) is 0 Å². The number of rotatable bonds is 17. The van der Waals surface area contributed by atoms with Gasteiger partial charge in [0.2, 0.25) is 41.4 Å². The van der Waals surface area contributed by atoms with Gasteiger partial charge in [-0.1, -0.05) is 114 Å². The maximum absolute atomic E-state index is 14.7. The first-order chi connectivity index (χ1) is 34.1. The summed E-state index contributed by atoms with van der Waals surface area (Å²) in [5.41, 5.74) is 15.1. The van der Waals surface area contributed by atoms with Crippen molar-refractivity contribution < 1.29 is 43.8 Å². The van der Waals surface area contributed by atoms with Crippen molar-refractivity contribution in [2.24, 2.45) is 17.4 Å². The van der Waals surface area contributed by atoms with Gasteiger partial charge in [-0.15, -0.1) is 0 Å². The normalized spacial score (nSPS) is 22.5. The second-order valence-corrected chi connectivity index (χ2v) is 20.5. The Hall–Kier alpha value is -5.97. The fourth-order valence-corrected chi connectivity index (χ4v) is 10.2. The second kappa shape index (κ2) is 28.2. The molecule has 384 valence electrons. The molecule has 21 heteroatoms. The van der Waals surface area contributed by atoms with E-state index in [-0.39, 0.29) is 37.2 Å². The van der Waals surface area contributed by atoms with Crippen molar-refractivity contribution in [1.82, 2.24) is 42.2 Å². The number of benzene rings is 3. The lowest BCUT2D eigenvalue weighted by Crippen LogP contribution is -2.61. The van der Waals surface area contributed by atoms with E-state index >= 15 is 0 Å². The second-order valence-electron chi connectivity index (χ2n) is 18.0. The van der Waals surface area contributed by atoms with E-state index in [0.29, 0.717) is 30.5 Å². The van der Waals surface area contributed by atoms with Gasteiger partial charge >= 0.3 is 0 Å². The molecule has 0 bridgehead atoms. The number of aromatic nitrogens is 1. The summed E-state index contributed by atoms with van der Waals surface area (Å²) in [7, 11) is 2.17. The van der Waals surface area contributed by atoms with Crippen molar-refractivity contribution in [2.45, 2.75) is 114 Å². The molecule has 0 unspecified atom stereocenters. The van der Waals surface area contributed by atoms with Crippen LogP contribution in [0.15, 0.2) is 91.1 Å². The third-order valence-corrected chi connectivity index (χ3v) is 14.5. The van der Waals surface area contributed by atoms with Gasteiger partial charge in [-0.2, -0.15) is 0 Å². The summed E-state index contributed by atoms with van der Waals surface area (Å²) in [4.78, 5) is 103. The van der Waals surface area contributed by atoms with Crippen molar-refractivity contribution in [3.8, 4) is 0 Å². The molecular weight excluding hydrogens is 949 g/mol.